The SMILES string of the molecule is CC[C@H](NC(=O)c1cc(CN2CCOCC2)on1)c1cccc(C)n1. The van der Waals surface area contributed by atoms with Crippen LogP contribution in [0.2, 0.25) is 0 Å². The van der Waals surface area contributed by atoms with Gasteiger partial charge in [-0.1, -0.05) is 18.1 Å². The maximum absolute atomic E-state index is 12.5. The molecule has 2 aromatic rings. The van der Waals surface area contributed by atoms with Crippen LogP contribution in [0.5, 0.6) is 0 Å². The van der Waals surface area contributed by atoms with E-state index < -0.39 is 0 Å². The molecule has 0 aliphatic carbocycles. The van der Waals surface area contributed by atoms with Gasteiger partial charge >= 0.3 is 0 Å². The zero-order chi connectivity index (χ0) is 17.6. The molecule has 1 saturated heterocycles. The van der Waals surface area contributed by atoms with Crippen LogP contribution < -0.4 is 5.32 Å². The number of ether oxygens (including phenoxy) is 1. The van der Waals surface area contributed by atoms with Crippen LogP contribution in [-0.4, -0.2) is 47.3 Å². The van der Waals surface area contributed by atoms with Gasteiger partial charge in [-0.25, -0.2) is 0 Å². The molecule has 1 amide bonds. The fourth-order valence-electron chi connectivity index (χ4n) is 2.85. The molecule has 1 fully saturated rings. The molecule has 0 spiro atoms. The van der Waals surface area contributed by atoms with Crippen LogP contribution in [0.25, 0.3) is 0 Å². The standard InChI is InChI=1S/C18H24N4O3/c1-3-15(16-6-4-5-13(2)19-16)20-18(23)17-11-14(25-21-17)12-22-7-9-24-10-8-22/h4-6,11,15H,3,7-10,12H2,1-2H3,(H,20,23)/t15-/m0/s1. The van der Waals surface area contributed by atoms with Gasteiger partial charge in [-0.05, 0) is 25.5 Å². The minimum Gasteiger partial charge on any atom is -0.379 e. The van der Waals surface area contributed by atoms with E-state index in [4.69, 9.17) is 9.26 Å². The van der Waals surface area contributed by atoms with Crippen molar-refractivity contribution in [2.75, 3.05) is 26.3 Å². The van der Waals surface area contributed by atoms with E-state index in [0.29, 0.717) is 18.0 Å². The van der Waals surface area contributed by atoms with E-state index in [2.05, 4.69) is 20.4 Å². The Bertz CT molecular complexity index is 710. The molecular formula is C18H24N4O3. The molecule has 25 heavy (non-hydrogen) atoms. The Kier molecular flexibility index (Phi) is 5.78. The van der Waals surface area contributed by atoms with E-state index >= 15 is 0 Å². The number of pyridine rings is 1. The summed E-state index contributed by atoms with van der Waals surface area (Å²) in [6.45, 7) is 7.76. The van der Waals surface area contributed by atoms with Crippen molar-refractivity contribution in [3.63, 3.8) is 0 Å². The lowest BCUT2D eigenvalue weighted by Gasteiger charge is -2.25. The first-order valence-electron chi connectivity index (χ1n) is 8.66. The molecule has 0 bridgehead atoms. The van der Waals surface area contributed by atoms with Crippen LogP contribution in [0.1, 0.15) is 47.0 Å². The molecule has 3 heterocycles. The molecule has 7 nitrogen and oxygen atoms in total. The average Bonchev–Trinajstić information content (AvgIpc) is 3.09. The predicted octanol–water partition coefficient (Wildman–Crippen LogP) is 2.09. The summed E-state index contributed by atoms with van der Waals surface area (Å²) in [5.41, 5.74) is 2.08. The zero-order valence-electron chi connectivity index (χ0n) is 14.7. The number of amides is 1. The Morgan fingerprint density at radius 2 is 2.16 bits per heavy atom. The minimum absolute atomic E-state index is 0.146. The van der Waals surface area contributed by atoms with Crippen molar-refractivity contribution in [2.24, 2.45) is 0 Å². The van der Waals surface area contributed by atoms with Crippen LogP contribution >= 0.6 is 0 Å². The van der Waals surface area contributed by atoms with Gasteiger partial charge in [0.2, 0.25) is 0 Å². The summed E-state index contributed by atoms with van der Waals surface area (Å²) in [5, 5.41) is 6.90. The smallest absolute Gasteiger partial charge is 0.274 e. The third-order valence-corrected chi connectivity index (χ3v) is 4.26. The highest BCUT2D eigenvalue weighted by Gasteiger charge is 2.20. The van der Waals surface area contributed by atoms with Gasteiger partial charge < -0.3 is 14.6 Å². The van der Waals surface area contributed by atoms with E-state index in [1.807, 2.05) is 32.0 Å². The molecule has 0 saturated carbocycles. The summed E-state index contributed by atoms with van der Waals surface area (Å²) in [6.07, 6.45) is 0.751. The number of carbonyl (C=O) groups is 1. The second kappa shape index (κ2) is 8.22. The third-order valence-electron chi connectivity index (χ3n) is 4.26. The Morgan fingerprint density at radius 1 is 1.36 bits per heavy atom. The number of hydrogen-bond acceptors (Lipinski definition) is 6. The Balaban J connectivity index is 1.62. The molecule has 1 N–H and O–H groups in total. The molecule has 1 aliphatic heterocycles. The highest BCUT2D eigenvalue weighted by Crippen LogP contribution is 2.16. The van der Waals surface area contributed by atoms with Crippen LogP contribution in [0.4, 0.5) is 0 Å². The maximum Gasteiger partial charge on any atom is 0.274 e. The topological polar surface area (TPSA) is 80.5 Å². The van der Waals surface area contributed by atoms with Crippen molar-refractivity contribution in [3.8, 4) is 0 Å². The number of nitrogens with one attached hydrogen (secondary N) is 1. The second-order valence-electron chi connectivity index (χ2n) is 6.21. The predicted molar refractivity (Wildman–Crippen MR) is 92.1 cm³/mol. The maximum atomic E-state index is 12.5. The first-order valence-corrected chi connectivity index (χ1v) is 8.66. The monoisotopic (exact) mass is 344 g/mol. The lowest BCUT2D eigenvalue weighted by atomic mass is 10.1. The van der Waals surface area contributed by atoms with E-state index in [-0.39, 0.29) is 11.9 Å². The molecule has 1 aliphatic rings. The highest BCUT2D eigenvalue weighted by atomic mass is 16.5. The van der Waals surface area contributed by atoms with E-state index in [1.54, 1.807) is 6.07 Å². The number of hydrogen-bond donors (Lipinski definition) is 1. The van der Waals surface area contributed by atoms with Gasteiger partial charge in [0.1, 0.15) is 0 Å². The highest BCUT2D eigenvalue weighted by molar-refractivity contribution is 5.92. The first-order chi connectivity index (χ1) is 12.2. The number of carbonyl (C=O) groups excluding carboxylic acids is 1. The number of morpholine rings is 1. The van der Waals surface area contributed by atoms with Gasteiger partial charge in [0.05, 0.1) is 31.5 Å². The second-order valence-corrected chi connectivity index (χ2v) is 6.21. The fourth-order valence-corrected chi connectivity index (χ4v) is 2.85. The molecule has 0 radical (unpaired) electrons. The van der Waals surface area contributed by atoms with Gasteiger partial charge in [0.15, 0.2) is 11.5 Å². The number of aromatic nitrogens is 2. The minimum atomic E-state index is -0.243. The molecule has 1 atom stereocenters. The Morgan fingerprint density at radius 3 is 2.88 bits per heavy atom. The average molecular weight is 344 g/mol. The van der Waals surface area contributed by atoms with Crippen molar-refractivity contribution in [1.82, 2.24) is 20.4 Å². The fraction of sp³-hybridized carbons (Fsp3) is 0.500. The molecule has 7 heteroatoms. The lowest BCUT2D eigenvalue weighted by molar-refractivity contribution is 0.0305. The van der Waals surface area contributed by atoms with Gasteiger partial charge in [-0.15, -0.1) is 0 Å². The van der Waals surface area contributed by atoms with E-state index in [0.717, 1.165) is 44.1 Å². The number of rotatable bonds is 6. The van der Waals surface area contributed by atoms with Crippen LogP contribution in [-0.2, 0) is 11.3 Å². The van der Waals surface area contributed by atoms with Gasteiger partial charge in [0.25, 0.3) is 5.91 Å². The normalized spacial score (nSPS) is 16.6. The molecule has 3 rings (SSSR count). The van der Waals surface area contributed by atoms with Gasteiger partial charge in [-0.2, -0.15) is 0 Å². The molecule has 134 valence electrons. The Hall–Kier alpha value is -2.25. The quantitative estimate of drug-likeness (QED) is 0.864. The zero-order valence-corrected chi connectivity index (χ0v) is 14.7. The van der Waals surface area contributed by atoms with Crippen molar-refractivity contribution in [3.05, 3.63) is 47.1 Å². The van der Waals surface area contributed by atoms with Crippen LogP contribution in [0, 0.1) is 6.92 Å². The summed E-state index contributed by atoms with van der Waals surface area (Å²) < 4.78 is 10.6. The first kappa shape index (κ1) is 17.6. The lowest BCUT2D eigenvalue weighted by Crippen LogP contribution is -2.35. The summed E-state index contributed by atoms with van der Waals surface area (Å²) in [5.74, 6) is 0.445. The number of nitrogens with zero attached hydrogens (tertiary/aromatic N) is 3. The van der Waals surface area contributed by atoms with E-state index in [1.165, 1.54) is 0 Å². The summed E-state index contributed by atoms with van der Waals surface area (Å²) >= 11 is 0. The third kappa shape index (κ3) is 4.64. The van der Waals surface area contributed by atoms with Gasteiger partial charge in [-0.3, -0.25) is 14.7 Å². The Labute approximate surface area is 147 Å². The molecule has 0 unspecified atom stereocenters. The summed E-state index contributed by atoms with van der Waals surface area (Å²) in [4.78, 5) is 19.2. The summed E-state index contributed by atoms with van der Waals surface area (Å²) in [7, 11) is 0. The molecular weight excluding hydrogens is 320 g/mol. The molecule has 2 aromatic heterocycles. The van der Waals surface area contributed by atoms with Crippen molar-refractivity contribution < 1.29 is 14.1 Å². The van der Waals surface area contributed by atoms with Crippen molar-refractivity contribution >= 4 is 5.91 Å². The summed E-state index contributed by atoms with van der Waals surface area (Å²) in [6, 6.07) is 7.37. The molecule has 0 aromatic carbocycles. The van der Waals surface area contributed by atoms with Gasteiger partial charge in [0, 0.05) is 24.8 Å². The van der Waals surface area contributed by atoms with Crippen molar-refractivity contribution in [1.29, 1.82) is 0 Å². The largest absolute Gasteiger partial charge is 0.379 e. The van der Waals surface area contributed by atoms with Crippen LogP contribution in [0.3, 0.4) is 0 Å². The van der Waals surface area contributed by atoms with Crippen molar-refractivity contribution in [2.45, 2.75) is 32.9 Å². The van der Waals surface area contributed by atoms with E-state index in [9.17, 15) is 4.79 Å². The number of aryl methyl sites for hydroxylation is 1. The van der Waals surface area contributed by atoms with Crippen LogP contribution in [0.15, 0.2) is 28.8 Å².